The summed E-state index contributed by atoms with van der Waals surface area (Å²) in [6.07, 6.45) is 1.45. The lowest BCUT2D eigenvalue weighted by Gasteiger charge is -2.25. The molecular weight excluding hydrogens is 434 g/mol. The summed E-state index contributed by atoms with van der Waals surface area (Å²) in [5.74, 6) is 0.152. The summed E-state index contributed by atoms with van der Waals surface area (Å²) in [6, 6.07) is 7.95. The van der Waals surface area contributed by atoms with Crippen LogP contribution in [0.15, 0.2) is 24.3 Å². The van der Waals surface area contributed by atoms with Crippen LogP contribution in [0.2, 0.25) is 0 Å². The number of nitrogens with one attached hydrogen (secondary N) is 3. The van der Waals surface area contributed by atoms with Gasteiger partial charge in [0.25, 0.3) is 5.91 Å². The third-order valence-corrected chi connectivity index (χ3v) is 7.07. The monoisotopic (exact) mass is 465 g/mol. The van der Waals surface area contributed by atoms with E-state index in [0.717, 1.165) is 10.9 Å². The highest BCUT2D eigenvalue weighted by atomic mass is 16.5. The third-order valence-electron chi connectivity index (χ3n) is 7.07. The molecule has 3 heterocycles. The fourth-order valence-corrected chi connectivity index (χ4v) is 4.97. The molecule has 0 aliphatic carbocycles. The zero-order valence-electron chi connectivity index (χ0n) is 19.8. The highest BCUT2D eigenvalue weighted by Gasteiger charge is 2.42. The molecule has 4 unspecified atom stereocenters. The summed E-state index contributed by atoms with van der Waals surface area (Å²) in [4.78, 5) is 43.5. The number of nitriles is 1. The van der Waals surface area contributed by atoms with Crippen molar-refractivity contribution in [3.8, 4) is 11.8 Å². The number of carbonyl (C=O) groups excluding carboxylic acids is 3. The molecule has 4 rings (SSSR count). The van der Waals surface area contributed by atoms with E-state index in [1.54, 1.807) is 18.1 Å². The van der Waals surface area contributed by atoms with Crippen LogP contribution in [-0.2, 0) is 9.59 Å². The fraction of sp³-hybridized carbons (Fsp3) is 0.520. The average molecular weight is 466 g/mol. The van der Waals surface area contributed by atoms with E-state index in [1.165, 1.54) is 0 Å². The van der Waals surface area contributed by atoms with Gasteiger partial charge in [-0.25, -0.2) is 0 Å². The number of aromatic amines is 1. The van der Waals surface area contributed by atoms with Crippen LogP contribution < -0.4 is 15.4 Å². The Morgan fingerprint density at radius 3 is 2.79 bits per heavy atom. The Morgan fingerprint density at radius 2 is 2.15 bits per heavy atom. The van der Waals surface area contributed by atoms with E-state index >= 15 is 0 Å². The Hall–Kier alpha value is -3.54. The number of aromatic nitrogens is 1. The molecule has 9 nitrogen and oxygen atoms in total. The number of methoxy groups -OCH3 is 1. The van der Waals surface area contributed by atoms with E-state index in [1.807, 2.05) is 18.2 Å². The smallest absolute Gasteiger partial charge is 0.270 e. The maximum atomic E-state index is 13.5. The molecular formula is C25H31N5O4. The summed E-state index contributed by atoms with van der Waals surface area (Å²) < 4.78 is 5.40. The molecule has 2 aliphatic heterocycles. The number of likely N-dealkylation sites (tertiary alicyclic amines) is 1. The maximum Gasteiger partial charge on any atom is 0.270 e. The van der Waals surface area contributed by atoms with Crippen LogP contribution >= 0.6 is 0 Å². The van der Waals surface area contributed by atoms with Crippen molar-refractivity contribution in [3.05, 3.63) is 30.0 Å². The van der Waals surface area contributed by atoms with Crippen molar-refractivity contribution in [2.24, 2.45) is 17.8 Å². The lowest BCUT2D eigenvalue weighted by Crippen LogP contribution is -2.49. The fourth-order valence-electron chi connectivity index (χ4n) is 4.97. The molecule has 0 radical (unpaired) electrons. The zero-order chi connectivity index (χ0) is 24.4. The summed E-state index contributed by atoms with van der Waals surface area (Å²) in [5, 5.41) is 15.9. The van der Waals surface area contributed by atoms with E-state index in [-0.39, 0.29) is 36.0 Å². The molecule has 34 heavy (non-hydrogen) atoms. The van der Waals surface area contributed by atoms with Gasteiger partial charge in [0.1, 0.15) is 23.5 Å². The number of hydrogen-bond acceptors (Lipinski definition) is 5. The van der Waals surface area contributed by atoms with Crippen molar-refractivity contribution < 1.29 is 19.1 Å². The predicted molar refractivity (Wildman–Crippen MR) is 126 cm³/mol. The number of amides is 3. The molecule has 2 fully saturated rings. The van der Waals surface area contributed by atoms with Crippen LogP contribution in [0.25, 0.3) is 10.9 Å². The number of nitrogens with zero attached hydrogens (tertiary/aromatic N) is 2. The van der Waals surface area contributed by atoms with Gasteiger partial charge in [-0.05, 0) is 49.3 Å². The molecule has 0 spiro atoms. The second-order valence-corrected chi connectivity index (χ2v) is 9.52. The molecule has 9 heteroatoms. The van der Waals surface area contributed by atoms with Crippen molar-refractivity contribution in [1.82, 2.24) is 20.5 Å². The van der Waals surface area contributed by atoms with Crippen molar-refractivity contribution in [2.75, 3.05) is 20.2 Å². The molecule has 1 aromatic heterocycles. The van der Waals surface area contributed by atoms with Gasteiger partial charge in [0, 0.05) is 29.9 Å². The highest BCUT2D eigenvalue weighted by Crippen LogP contribution is 2.32. The topological polar surface area (TPSA) is 127 Å². The summed E-state index contributed by atoms with van der Waals surface area (Å²) in [5.41, 5.74) is 1.17. The first-order valence-corrected chi connectivity index (χ1v) is 11.8. The minimum absolute atomic E-state index is 0.0821. The van der Waals surface area contributed by atoms with Crippen molar-refractivity contribution in [2.45, 2.75) is 45.2 Å². The van der Waals surface area contributed by atoms with E-state index < -0.39 is 12.1 Å². The van der Waals surface area contributed by atoms with E-state index in [2.05, 4.69) is 35.5 Å². The van der Waals surface area contributed by atoms with Crippen LogP contribution in [0.1, 0.15) is 43.6 Å². The van der Waals surface area contributed by atoms with Crippen LogP contribution in [0.3, 0.4) is 0 Å². The summed E-state index contributed by atoms with van der Waals surface area (Å²) in [6.45, 7) is 5.21. The second kappa shape index (κ2) is 9.75. The molecule has 180 valence electrons. The number of ether oxygens (including phenoxy) is 1. The highest BCUT2D eigenvalue weighted by molar-refractivity contribution is 6.01. The van der Waals surface area contributed by atoms with Crippen LogP contribution in [0.5, 0.6) is 5.75 Å². The minimum Gasteiger partial charge on any atom is -0.496 e. The lowest BCUT2D eigenvalue weighted by molar-refractivity contribution is -0.126. The Balaban J connectivity index is 1.54. The van der Waals surface area contributed by atoms with E-state index in [4.69, 9.17) is 4.74 Å². The number of hydrogen-bond donors (Lipinski definition) is 3. The summed E-state index contributed by atoms with van der Waals surface area (Å²) >= 11 is 0. The first kappa shape index (κ1) is 23.6. The molecule has 4 atom stereocenters. The van der Waals surface area contributed by atoms with Crippen LogP contribution in [-0.4, -0.2) is 59.9 Å². The first-order chi connectivity index (χ1) is 16.3. The number of rotatable bonds is 7. The van der Waals surface area contributed by atoms with Gasteiger partial charge in [0.15, 0.2) is 0 Å². The number of benzene rings is 1. The maximum absolute atomic E-state index is 13.5. The lowest BCUT2D eigenvalue weighted by atomic mass is 9.93. The third kappa shape index (κ3) is 4.58. The predicted octanol–water partition coefficient (Wildman–Crippen LogP) is 2.20. The molecule has 1 aromatic carbocycles. The van der Waals surface area contributed by atoms with Gasteiger partial charge in [-0.2, -0.15) is 5.26 Å². The molecule has 3 amide bonds. The Labute approximate surface area is 198 Å². The SMILES string of the molecule is COc1cccc2[nH]c(C(=O)N3CC(C(C)C)CC3C(=O)NC(C#N)CC3CCNC3=O)cc12. The summed E-state index contributed by atoms with van der Waals surface area (Å²) in [7, 11) is 1.58. The molecule has 2 saturated heterocycles. The van der Waals surface area contributed by atoms with Gasteiger partial charge in [-0.15, -0.1) is 0 Å². The molecule has 2 aromatic rings. The molecule has 0 bridgehead atoms. The quantitative estimate of drug-likeness (QED) is 0.578. The van der Waals surface area contributed by atoms with E-state index in [0.29, 0.717) is 43.3 Å². The molecule has 2 aliphatic rings. The number of H-pyrrole nitrogens is 1. The zero-order valence-corrected chi connectivity index (χ0v) is 19.8. The van der Waals surface area contributed by atoms with Gasteiger partial charge in [0.05, 0.1) is 13.2 Å². The van der Waals surface area contributed by atoms with Crippen LogP contribution in [0, 0.1) is 29.1 Å². The minimum atomic E-state index is -0.784. The normalized spacial score (nSPS) is 23.1. The Kier molecular flexibility index (Phi) is 6.77. The Bertz CT molecular complexity index is 1130. The van der Waals surface area contributed by atoms with Gasteiger partial charge in [-0.1, -0.05) is 19.9 Å². The first-order valence-electron chi connectivity index (χ1n) is 11.8. The van der Waals surface area contributed by atoms with Crippen molar-refractivity contribution in [1.29, 1.82) is 5.26 Å². The van der Waals surface area contributed by atoms with Gasteiger partial charge in [-0.3, -0.25) is 14.4 Å². The largest absolute Gasteiger partial charge is 0.496 e. The van der Waals surface area contributed by atoms with Gasteiger partial charge in [0.2, 0.25) is 11.8 Å². The van der Waals surface area contributed by atoms with E-state index in [9.17, 15) is 19.6 Å². The van der Waals surface area contributed by atoms with Crippen molar-refractivity contribution in [3.63, 3.8) is 0 Å². The average Bonchev–Trinajstić information content (AvgIpc) is 3.56. The second-order valence-electron chi connectivity index (χ2n) is 9.52. The Morgan fingerprint density at radius 1 is 1.35 bits per heavy atom. The molecule has 3 N–H and O–H groups in total. The van der Waals surface area contributed by atoms with Gasteiger partial charge >= 0.3 is 0 Å². The molecule has 0 saturated carbocycles. The van der Waals surface area contributed by atoms with Gasteiger partial charge < -0.3 is 25.3 Å². The standard InChI is InChI=1S/C25H31N5O4/c1-14(2)16-10-21(24(32)28-17(12-26)9-15-7-8-27-23(15)31)30(13-16)25(33)20-11-18-19(29-20)5-4-6-22(18)34-3/h4-6,11,14-17,21,29H,7-10,13H2,1-3H3,(H,27,31)(H,28,32). The number of carbonyl (C=O) groups is 3. The van der Waals surface area contributed by atoms with Crippen molar-refractivity contribution >= 4 is 28.6 Å². The van der Waals surface area contributed by atoms with Crippen LogP contribution in [0.4, 0.5) is 0 Å². The number of fused-ring (bicyclic) bond motifs is 1.